The predicted molar refractivity (Wildman–Crippen MR) is 71.3 cm³/mol. The first-order valence-electron chi connectivity index (χ1n) is 6.12. The first-order valence-corrected chi connectivity index (χ1v) is 6.12. The Bertz CT molecular complexity index is 491. The highest BCUT2D eigenvalue weighted by Crippen LogP contribution is 2.22. The number of ether oxygens (including phenoxy) is 1. The van der Waals surface area contributed by atoms with Crippen molar-refractivity contribution in [3.8, 4) is 0 Å². The Kier molecular flexibility index (Phi) is 4.13. The van der Waals surface area contributed by atoms with E-state index in [0.29, 0.717) is 5.56 Å². The minimum absolute atomic E-state index is 0.182. The summed E-state index contributed by atoms with van der Waals surface area (Å²) in [7, 11) is 0. The number of hydrogen-bond donors (Lipinski definition) is 0. The highest BCUT2D eigenvalue weighted by molar-refractivity contribution is 5.89. The second-order valence-electron chi connectivity index (χ2n) is 4.08. The fourth-order valence-corrected chi connectivity index (χ4v) is 1.83. The number of carbonyl (C=O) groups excluding carboxylic acids is 1. The van der Waals surface area contributed by atoms with Crippen molar-refractivity contribution in [3.05, 3.63) is 71.8 Å². The molecule has 0 saturated heterocycles. The molecule has 2 rings (SSSR count). The van der Waals surface area contributed by atoms with Crippen LogP contribution in [-0.4, -0.2) is 5.97 Å². The summed E-state index contributed by atoms with van der Waals surface area (Å²) in [6, 6.07) is 18.9. The highest BCUT2D eigenvalue weighted by Gasteiger charge is 2.15. The average Bonchev–Trinajstić information content (AvgIpc) is 2.46. The van der Waals surface area contributed by atoms with Crippen molar-refractivity contribution in [3.63, 3.8) is 0 Å². The van der Waals surface area contributed by atoms with Crippen LogP contribution in [-0.2, 0) is 4.74 Å². The molecule has 0 aliphatic heterocycles. The minimum atomic E-state index is -0.272. The van der Waals surface area contributed by atoms with Gasteiger partial charge in [0.2, 0.25) is 0 Å². The molecule has 0 aliphatic carbocycles. The molecule has 0 aromatic heterocycles. The van der Waals surface area contributed by atoms with E-state index in [1.54, 1.807) is 12.1 Å². The molecule has 2 aromatic carbocycles. The van der Waals surface area contributed by atoms with E-state index in [-0.39, 0.29) is 12.1 Å². The molecule has 0 fully saturated rings. The molecule has 18 heavy (non-hydrogen) atoms. The normalized spacial score (nSPS) is 11.8. The largest absolute Gasteiger partial charge is 0.454 e. The number of carbonyl (C=O) groups is 1. The molecule has 2 heteroatoms. The van der Waals surface area contributed by atoms with Gasteiger partial charge in [-0.2, -0.15) is 0 Å². The summed E-state index contributed by atoms with van der Waals surface area (Å²) < 4.78 is 5.53. The zero-order chi connectivity index (χ0) is 12.8. The van der Waals surface area contributed by atoms with Crippen molar-refractivity contribution >= 4 is 5.97 Å². The molecule has 1 atom stereocenters. The summed E-state index contributed by atoms with van der Waals surface area (Å²) in [5.74, 6) is -0.272. The maximum atomic E-state index is 12.0. The lowest BCUT2D eigenvalue weighted by Gasteiger charge is -2.16. The van der Waals surface area contributed by atoms with Crippen molar-refractivity contribution in [2.24, 2.45) is 0 Å². The molecular weight excluding hydrogens is 224 g/mol. The fraction of sp³-hybridized carbons (Fsp3) is 0.188. The number of benzene rings is 2. The minimum Gasteiger partial charge on any atom is -0.454 e. The third-order valence-corrected chi connectivity index (χ3v) is 2.80. The van der Waals surface area contributed by atoms with Gasteiger partial charge in [0.15, 0.2) is 0 Å². The van der Waals surface area contributed by atoms with Gasteiger partial charge in [-0.3, -0.25) is 0 Å². The Morgan fingerprint density at radius 2 is 1.56 bits per heavy atom. The summed E-state index contributed by atoms with van der Waals surface area (Å²) in [4.78, 5) is 12.0. The van der Waals surface area contributed by atoms with Crippen molar-refractivity contribution in [2.45, 2.75) is 19.4 Å². The molecule has 0 heterocycles. The third-order valence-electron chi connectivity index (χ3n) is 2.80. The molecule has 0 spiro atoms. The zero-order valence-corrected chi connectivity index (χ0v) is 10.4. The first-order chi connectivity index (χ1) is 8.81. The second kappa shape index (κ2) is 6.01. The van der Waals surface area contributed by atoms with Crippen LogP contribution < -0.4 is 0 Å². The Balaban J connectivity index is 2.10. The van der Waals surface area contributed by atoms with Gasteiger partial charge >= 0.3 is 5.97 Å². The van der Waals surface area contributed by atoms with Crippen LogP contribution >= 0.6 is 0 Å². The van der Waals surface area contributed by atoms with Crippen LogP contribution in [0.15, 0.2) is 60.7 Å². The lowest BCUT2D eigenvalue weighted by molar-refractivity contribution is 0.0288. The summed E-state index contributed by atoms with van der Waals surface area (Å²) in [5, 5.41) is 0. The summed E-state index contributed by atoms with van der Waals surface area (Å²) in [6.07, 6.45) is 0.585. The van der Waals surface area contributed by atoms with Gasteiger partial charge in [-0.05, 0) is 24.1 Å². The second-order valence-corrected chi connectivity index (χ2v) is 4.08. The molecule has 0 radical (unpaired) electrons. The molecule has 2 nitrogen and oxygen atoms in total. The lowest BCUT2D eigenvalue weighted by Crippen LogP contribution is -2.10. The summed E-state index contributed by atoms with van der Waals surface area (Å²) >= 11 is 0. The van der Waals surface area contributed by atoms with Crippen LogP contribution in [0.5, 0.6) is 0 Å². The van der Waals surface area contributed by atoms with Gasteiger partial charge in [0.05, 0.1) is 5.56 Å². The number of esters is 1. The van der Waals surface area contributed by atoms with Gasteiger partial charge in [-0.1, -0.05) is 55.5 Å². The van der Waals surface area contributed by atoms with Crippen LogP contribution in [0, 0.1) is 0 Å². The monoisotopic (exact) mass is 240 g/mol. The smallest absolute Gasteiger partial charge is 0.338 e. The van der Waals surface area contributed by atoms with E-state index >= 15 is 0 Å². The van der Waals surface area contributed by atoms with Gasteiger partial charge in [0.1, 0.15) is 6.10 Å². The topological polar surface area (TPSA) is 26.3 Å². The van der Waals surface area contributed by atoms with E-state index in [1.807, 2.05) is 55.5 Å². The third kappa shape index (κ3) is 2.98. The van der Waals surface area contributed by atoms with Crippen molar-refractivity contribution in [2.75, 3.05) is 0 Å². The predicted octanol–water partition coefficient (Wildman–Crippen LogP) is 3.99. The average molecular weight is 240 g/mol. The number of hydrogen-bond acceptors (Lipinski definition) is 2. The van der Waals surface area contributed by atoms with Crippen molar-refractivity contribution in [1.29, 1.82) is 0 Å². The van der Waals surface area contributed by atoms with E-state index in [1.165, 1.54) is 0 Å². The van der Waals surface area contributed by atoms with Crippen LogP contribution in [0.25, 0.3) is 0 Å². The van der Waals surface area contributed by atoms with E-state index in [0.717, 1.165) is 12.0 Å². The Hall–Kier alpha value is -2.09. The summed E-state index contributed by atoms with van der Waals surface area (Å²) in [6.45, 7) is 2.01. The molecule has 0 amide bonds. The van der Waals surface area contributed by atoms with E-state index in [9.17, 15) is 4.79 Å². The highest BCUT2D eigenvalue weighted by atomic mass is 16.5. The maximum Gasteiger partial charge on any atom is 0.338 e. The van der Waals surface area contributed by atoms with Gasteiger partial charge in [-0.25, -0.2) is 4.79 Å². The van der Waals surface area contributed by atoms with Crippen LogP contribution in [0.1, 0.15) is 35.4 Å². The molecule has 92 valence electrons. The Labute approximate surface area is 107 Å². The van der Waals surface area contributed by atoms with Gasteiger partial charge in [0.25, 0.3) is 0 Å². The molecule has 0 aliphatic rings. The quantitative estimate of drug-likeness (QED) is 0.755. The number of rotatable bonds is 4. The van der Waals surface area contributed by atoms with E-state index < -0.39 is 0 Å². The van der Waals surface area contributed by atoms with Crippen LogP contribution in [0.2, 0.25) is 0 Å². The molecule has 2 aromatic rings. The van der Waals surface area contributed by atoms with Crippen molar-refractivity contribution < 1.29 is 9.53 Å². The fourth-order valence-electron chi connectivity index (χ4n) is 1.83. The van der Waals surface area contributed by atoms with Crippen LogP contribution in [0.4, 0.5) is 0 Å². The van der Waals surface area contributed by atoms with E-state index in [2.05, 4.69) is 0 Å². The molecule has 0 saturated carbocycles. The van der Waals surface area contributed by atoms with Crippen molar-refractivity contribution in [1.82, 2.24) is 0 Å². The van der Waals surface area contributed by atoms with Crippen LogP contribution in [0.3, 0.4) is 0 Å². The first kappa shape index (κ1) is 12.4. The van der Waals surface area contributed by atoms with E-state index in [4.69, 9.17) is 4.74 Å². The zero-order valence-electron chi connectivity index (χ0n) is 10.4. The molecule has 0 unspecified atom stereocenters. The standard InChI is InChI=1S/C16H16O2/c1-2-15(13-9-5-3-6-10-13)18-16(17)14-11-7-4-8-12-14/h3-12,15H,2H2,1H3/t15-/m1/s1. The van der Waals surface area contributed by atoms with Gasteiger partial charge in [0, 0.05) is 0 Å². The Morgan fingerprint density at radius 1 is 1.00 bits per heavy atom. The van der Waals surface area contributed by atoms with Gasteiger partial charge in [-0.15, -0.1) is 0 Å². The van der Waals surface area contributed by atoms with Gasteiger partial charge < -0.3 is 4.74 Å². The SMILES string of the molecule is CC[C@@H](OC(=O)c1ccccc1)c1ccccc1. The lowest BCUT2D eigenvalue weighted by atomic mass is 10.1. The maximum absolute atomic E-state index is 12.0. The molecule has 0 bridgehead atoms. The Morgan fingerprint density at radius 3 is 2.11 bits per heavy atom. The summed E-state index contributed by atoms with van der Waals surface area (Å²) in [5.41, 5.74) is 1.62. The molecule has 0 N–H and O–H groups in total. The molecular formula is C16H16O2.